The summed E-state index contributed by atoms with van der Waals surface area (Å²) in [5.74, 6) is -0.146. The molecule has 0 saturated carbocycles. The number of anilines is 1. The summed E-state index contributed by atoms with van der Waals surface area (Å²) in [4.78, 5) is 15.7. The second-order valence-corrected chi connectivity index (χ2v) is 7.22. The lowest BCUT2D eigenvalue weighted by atomic mass is 10.2. The Morgan fingerprint density at radius 3 is 2.89 bits per heavy atom. The summed E-state index contributed by atoms with van der Waals surface area (Å²) in [5, 5.41) is 2.21. The van der Waals surface area contributed by atoms with Gasteiger partial charge in [-0.2, -0.15) is 0 Å². The van der Waals surface area contributed by atoms with Crippen LogP contribution in [-0.4, -0.2) is 36.9 Å². The summed E-state index contributed by atoms with van der Waals surface area (Å²) < 4.78 is 23.2. The molecule has 19 heavy (non-hydrogen) atoms. The molecule has 1 saturated heterocycles. The first-order valence-electron chi connectivity index (χ1n) is 5.82. The molecule has 1 aromatic rings. The van der Waals surface area contributed by atoms with Crippen molar-refractivity contribution in [2.24, 2.45) is 0 Å². The van der Waals surface area contributed by atoms with Gasteiger partial charge in [-0.3, -0.25) is 4.79 Å². The van der Waals surface area contributed by atoms with Gasteiger partial charge in [0.2, 0.25) is 0 Å². The molecule has 0 radical (unpaired) electrons. The van der Waals surface area contributed by atoms with Gasteiger partial charge in [-0.25, -0.2) is 13.4 Å². The van der Waals surface area contributed by atoms with Crippen molar-refractivity contribution >= 4 is 33.2 Å². The maximum Gasteiger partial charge on any atom is 0.271 e. The van der Waals surface area contributed by atoms with Gasteiger partial charge in [-0.1, -0.05) is 11.6 Å². The first-order chi connectivity index (χ1) is 8.90. The molecule has 0 aromatic carbocycles. The second kappa shape index (κ2) is 5.34. The Labute approximate surface area is 116 Å². The molecule has 1 amide bonds. The fourth-order valence-corrected chi connectivity index (χ4v) is 3.95. The van der Waals surface area contributed by atoms with Crippen LogP contribution in [0.25, 0.3) is 0 Å². The van der Waals surface area contributed by atoms with Crippen LogP contribution in [0.15, 0.2) is 12.1 Å². The first-order valence-corrected chi connectivity index (χ1v) is 7.91. The van der Waals surface area contributed by atoms with Gasteiger partial charge >= 0.3 is 0 Å². The molecule has 1 aliphatic rings. The third kappa shape index (κ3) is 3.16. The number of nitrogen functional groups attached to an aromatic ring is 1. The average Bonchev–Trinajstić information content (AvgIpc) is 2.68. The Hall–Kier alpha value is -1.34. The van der Waals surface area contributed by atoms with Gasteiger partial charge in [0.15, 0.2) is 9.84 Å². The minimum atomic E-state index is -3.08. The van der Waals surface area contributed by atoms with Crippen molar-refractivity contribution in [2.75, 3.05) is 18.0 Å². The maximum absolute atomic E-state index is 11.9. The zero-order valence-corrected chi connectivity index (χ0v) is 11.7. The van der Waals surface area contributed by atoms with E-state index in [2.05, 4.69) is 10.3 Å². The van der Waals surface area contributed by atoms with Gasteiger partial charge < -0.3 is 11.1 Å². The summed E-state index contributed by atoms with van der Waals surface area (Å²) in [6, 6.07) is 2.96. The summed E-state index contributed by atoms with van der Waals surface area (Å²) >= 11 is 5.85. The number of nitrogens with zero attached hydrogens (tertiary/aromatic N) is 1. The molecule has 6 nitrogen and oxygen atoms in total. The molecule has 1 aromatic heterocycles. The number of aromatic nitrogens is 1. The molecule has 0 spiro atoms. The number of pyridine rings is 1. The van der Waals surface area contributed by atoms with E-state index in [1.54, 1.807) is 0 Å². The van der Waals surface area contributed by atoms with Crippen LogP contribution in [0.1, 0.15) is 23.3 Å². The summed E-state index contributed by atoms with van der Waals surface area (Å²) in [7, 11) is -3.08. The van der Waals surface area contributed by atoms with Gasteiger partial charge in [0, 0.05) is 6.54 Å². The largest absolute Gasteiger partial charge is 0.384 e. The Balaban J connectivity index is 2.04. The molecule has 2 heterocycles. The average molecular weight is 304 g/mol. The molecule has 0 bridgehead atoms. The molecule has 3 N–H and O–H groups in total. The van der Waals surface area contributed by atoms with E-state index in [-0.39, 0.29) is 28.8 Å². The van der Waals surface area contributed by atoms with Crippen molar-refractivity contribution in [3.63, 3.8) is 0 Å². The normalized spacial score (nSPS) is 21.2. The highest BCUT2D eigenvalue weighted by Gasteiger charge is 2.31. The van der Waals surface area contributed by atoms with E-state index in [1.807, 2.05) is 0 Å². The number of carbonyl (C=O) groups excluding carboxylic acids is 1. The Kier molecular flexibility index (Phi) is 3.96. The lowest BCUT2D eigenvalue weighted by molar-refractivity contribution is 0.0949. The smallest absolute Gasteiger partial charge is 0.271 e. The molecule has 1 fully saturated rings. The van der Waals surface area contributed by atoms with Crippen LogP contribution in [0.4, 0.5) is 5.82 Å². The van der Waals surface area contributed by atoms with Gasteiger partial charge in [0.05, 0.1) is 16.0 Å². The second-order valence-electron chi connectivity index (χ2n) is 4.41. The fourth-order valence-electron chi connectivity index (χ4n) is 1.99. The molecular weight excluding hydrogens is 290 g/mol. The monoisotopic (exact) mass is 303 g/mol. The highest BCUT2D eigenvalue weighted by atomic mass is 35.5. The van der Waals surface area contributed by atoms with Crippen LogP contribution in [-0.2, 0) is 9.84 Å². The number of amides is 1. The molecule has 8 heteroatoms. The van der Waals surface area contributed by atoms with Crippen molar-refractivity contribution in [3.05, 3.63) is 22.8 Å². The standard InChI is InChI=1S/C11H14ClN3O3S/c12-8-3-4-9(13)15-10(8)11(16)14-6-7-2-1-5-19(7,17)18/h3-4,7H,1-2,5-6H2,(H2,13,15)(H,14,16). The molecule has 1 aliphatic heterocycles. The quantitative estimate of drug-likeness (QED) is 0.852. The molecule has 1 unspecified atom stereocenters. The maximum atomic E-state index is 11.9. The zero-order valence-electron chi connectivity index (χ0n) is 10.1. The van der Waals surface area contributed by atoms with Crippen LogP contribution in [0.2, 0.25) is 5.02 Å². The zero-order chi connectivity index (χ0) is 14.0. The SMILES string of the molecule is Nc1ccc(Cl)c(C(=O)NCC2CCCS2(=O)=O)n1. The van der Waals surface area contributed by atoms with Gasteiger partial charge in [0.1, 0.15) is 11.5 Å². The Morgan fingerprint density at radius 1 is 1.53 bits per heavy atom. The minimum absolute atomic E-state index is 0.0112. The van der Waals surface area contributed by atoms with E-state index in [0.29, 0.717) is 12.8 Å². The topological polar surface area (TPSA) is 102 Å². The van der Waals surface area contributed by atoms with Crippen molar-refractivity contribution in [3.8, 4) is 0 Å². The number of hydrogen-bond donors (Lipinski definition) is 2. The van der Waals surface area contributed by atoms with E-state index in [1.165, 1.54) is 12.1 Å². The predicted octanol–water partition coefficient (Wildman–Crippen LogP) is 0.624. The minimum Gasteiger partial charge on any atom is -0.384 e. The fraction of sp³-hybridized carbons (Fsp3) is 0.455. The van der Waals surface area contributed by atoms with Crippen LogP contribution in [0, 0.1) is 0 Å². The Bertz CT molecular complexity index is 603. The number of nitrogens with two attached hydrogens (primary N) is 1. The first kappa shape index (κ1) is 14.1. The number of nitrogens with one attached hydrogen (secondary N) is 1. The molecule has 0 aliphatic carbocycles. The lowest BCUT2D eigenvalue weighted by Gasteiger charge is -2.11. The lowest BCUT2D eigenvalue weighted by Crippen LogP contribution is -2.35. The van der Waals surface area contributed by atoms with Crippen molar-refractivity contribution in [1.82, 2.24) is 10.3 Å². The highest BCUT2D eigenvalue weighted by molar-refractivity contribution is 7.92. The van der Waals surface area contributed by atoms with E-state index < -0.39 is 21.0 Å². The number of halogens is 1. The molecule has 104 valence electrons. The van der Waals surface area contributed by atoms with Crippen molar-refractivity contribution in [1.29, 1.82) is 0 Å². The third-order valence-electron chi connectivity index (χ3n) is 3.04. The van der Waals surface area contributed by atoms with Crippen LogP contribution >= 0.6 is 11.6 Å². The predicted molar refractivity (Wildman–Crippen MR) is 72.8 cm³/mol. The van der Waals surface area contributed by atoms with Crippen LogP contribution in [0.3, 0.4) is 0 Å². The van der Waals surface area contributed by atoms with E-state index in [0.717, 1.165) is 0 Å². The molecular formula is C11H14ClN3O3S. The summed E-state index contributed by atoms with van der Waals surface area (Å²) in [6.07, 6.45) is 1.21. The van der Waals surface area contributed by atoms with Gasteiger partial charge in [0.25, 0.3) is 5.91 Å². The highest BCUT2D eigenvalue weighted by Crippen LogP contribution is 2.20. The van der Waals surface area contributed by atoms with E-state index in [9.17, 15) is 13.2 Å². The van der Waals surface area contributed by atoms with Crippen molar-refractivity contribution in [2.45, 2.75) is 18.1 Å². The van der Waals surface area contributed by atoms with E-state index >= 15 is 0 Å². The van der Waals surface area contributed by atoms with Crippen molar-refractivity contribution < 1.29 is 13.2 Å². The molecule has 2 rings (SSSR count). The van der Waals surface area contributed by atoms with Crippen LogP contribution in [0.5, 0.6) is 0 Å². The number of hydrogen-bond acceptors (Lipinski definition) is 5. The number of carbonyl (C=O) groups is 1. The summed E-state index contributed by atoms with van der Waals surface area (Å²) in [5.41, 5.74) is 5.49. The Morgan fingerprint density at radius 2 is 2.26 bits per heavy atom. The van der Waals surface area contributed by atoms with Crippen LogP contribution < -0.4 is 11.1 Å². The van der Waals surface area contributed by atoms with E-state index in [4.69, 9.17) is 17.3 Å². The number of rotatable bonds is 3. The number of sulfone groups is 1. The van der Waals surface area contributed by atoms with Gasteiger partial charge in [-0.15, -0.1) is 0 Å². The third-order valence-corrected chi connectivity index (χ3v) is 5.62. The molecule has 1 atom stereocenters. The summed E-state index contributed by atoms with van der Waals surface area (Å²) in [6.45, 7) is 0.0774. The van der Waals surface area contributed by atoms with Gasteiger partial charge in [-0.05, 0) is 25.0 Å².